The first-order valence-electron chi connectivity index (χ1n) is 34.8. The van der Waals surface area contributed by atoms with Crippen LogP contribution in [0.1, 0.15) is 348 Å². The molecule has 3 N–H and O–H groups in total. The summed E-state index contributed by atoms with van der Waals surface area (Å²) in [6.07, 6.45) is 86.1. The van der Waals surface area contributed by atoms with Gasteiger partial charge in [0.15, 0.2) is 6.10 Å². The monoisotopic (exact) mass is 1160 g/mol. The van der Waals surface area contributed by atoms with E-state index in [0.717, 1.165) is 64.2 Å². The molecule has 2 atom stereocenters. The number of nitrogens with two attached hydrogens (primary N) is 1. The van der Waals surface area contributed by atoms with Crippen LogP contribution in [0.2, 0.25) is 0 Å². The molecule has 0 aliphatic carbocycles. The number of carbonyl (C=O) groups excluding carboxylic acids is 2. The van der Waals surface area contributed by atoms with Gasteiger partial charge in [-0.05, 0) is 77.0 Å². The predicted molar refractivity (Wildman–Crippen MR) is 349 cm³/mol. The van der Waals surface area contributed by atoms with Crippen LogP contribution >= 0.6 is 7.82 Å². The lowest BCUT2D eigenvalue weighted by Crippen LogP contribution is -2.29. The Hall–Kier alpha value is -2.29. The Balaban J connectivity index is 3.82. The van der Waals surface area contributed by atoms with Crippen molar-refractivity contribution in [3.05, 3.63) is 60.8 Å². The molecule has 0 saturated heterocycles. The first-order valence-corrected chi connectivity index (χ1v) is 36.3. The molecule has 0 fully saturated rings. The van der Waals surface area contributed by atoms with Gasteiger partial charge in [-0.3, -0.25) is 18.6 Å². The van der Waals surface area contributed by atoms with E-state index in [9.17, 15) is 19.0 Å². The lowest BCUT2D eigenvalue weighted by molar-refractivity contribution is -0.161. The van der Waals surface area contributed by atoms with Crippen molar-refractivity contribution in [3.63, 3.8) is 0 Å². The number of hydrogen-bond donors (Lipinski definition) is 2. The van der Waals surface area contributed by atoms with Crippen LogP contribution in [0.4, 0.5) is 0 Å². The van der Waals surface area contributed by atoms with E-state index in [2.05, 4.69) is 74.6 Å². The molecule has 10 heteroatoms. The number of phosphoric ester groups is 1. The van der Waals surface area contributed by atoms with Gasteiger partial charge in [0.25, 0.3) is 0 Å². The summed E-state index contributed by atoms with van der Waals surface area (Å²) >= 11 is 0. The summed E-state index contributed by atoms with van der Waals surface area (Å²) in [7, 11) is -4.39. The minimum atomic E-state index is -4.39. The van der Waals surface area contributed by atoms with Gasteiger partial charge in [-0.1, -0.05) is 319 Å². The third-order valence-electron chi connectivity index (χ3n) is 15.4. The zero-order valence-corrected chi connectivity index (χ0v) is 54.2. The van der Waals surface area contributed by atoms with E-state index >= 15 is 0 Å². The summed E-state index contributed by atoms with van der Waals surface area (Å²) in [4.78, 5) is 35.3. The minimum absolute atomic E-state index is 0.0531. The van der Waals surface area contributed by atoms with Gasteiger partial charge in [0, 0.05) is 19.4 Å². The number of hydrogen-bond acceptors (Lipinski definition) is 8. The van der Waals surface area contributed by atoms with Crippen LogP contribution in [0, 0.1) is 0 Å². The number of rotatable bonds is 66. The van der Waals surface area contributed by atoms with Gasteiger partial charge in [0.2, 0.25) is 0 Å². The lowest BCUT2D eigenvalue weighted by Gasteiger charge is -2.19. The molecule has 9 nitrogen and oxygen atoms in total. The van der Waals surface area contributed by atoms with Gasteiger partial charge in [-0.2, -0.15) is 0 Å². The molecule has 0 bridgehead atoms. The summed E-state index contributed by atoms with van der Waals surface area (Å²) in [6, 6.07) is 0. The average Bonchev–Trinajstić information content (AvgIpc) is 3.46. The maximum atomic E-state index is 12.7. The summed E-state index contributed by atoms with van der Waals surface area (Å²) in [5, 5.41) is 0. The molecule has 0 aromatic carbocycles. The number of ether oxygens (including phenoxy) is 2. The van der Waals surface area contributed by atoms with Gasteiger partial charge in [-0.15, -0.1) is 0 Å². The number of allylic oxidation sites excluding steroid dienone is 10. The Bertz CT molecular complexity index is 1510. The topological polar surface area (TPSA) is 134 Å². The number of carbonyl (C=O) groups is 2. The Labute approximate surface area is 501 Å². The Morgan fingerprint density at radius 2 is 0.679 bits per heavy atom. The first-order chi connectivity index (χ1) is 39.8. The predicted octanol–water partition coefficient (Wildman–Crippen LogP) is 22.6. The van der Waals surface area contributed by atoms with E-state index in [1.165, 1.54) is 250 Å². The smallest absolute Gasteiger partial charge is 0.462 e. The van der Waals surface area contributed by atoms with E-state index in [1.807, 2.05) is 0 Å². The van der Waals surface area contributed by atoms with Crippen molar-refractivity contribution < 1.29 is 37.6 Å². The number of unbranched alkanes of at least 4 members (excludes halogenated alkanes) is 43. The maximum Gasteiger partial charge on any atom is 0.472 e. The fraction of sp³-hybridized carbons (Fsp3) is 0.831. The van der Waals surface area contributed by atoms with E-state index < -0.39 is 26.5 Å². The van der Waals surface area contributed by atoms with Crippen molar-refractivity contribution in [2.75, 3.05) is 26.4 Å². The fourth-order valence-electron chi connectivity index (χ4n) is 10.3. The maximum absolute atomic E-state index is 12.7. The number of esters is 2. The zero-order chi connectivity index (χ0) is 58.7. The minimum Gasteiger partial charge on any atom is -0.462 e. The van der Waals surface area contributed by atoms with Crippen LogP contribution in [0.3, 0.4) is 0 Å². The molecule has 0 saturated carbocycles. The summed E-state index contributed by atoms with van der Waals surface area (Å²) in [5.74, 6) is -0.815. The molecule has 0 rings (SSSR count). The van der Waals surface area contributed by atoms with Crippen molar-refractivity contribution in [2.24, 2.45) is 5.73 Å². The quantitative estimate of drug-likeness (QED) is 0.0264. The molecule has 0 radical (unpaired) electrons. The van der Waals surface area contributed by atoms with Gasteiger partial charge in [-0.25, -0.2) is 4.57 Å². The SMILES string of the molecule is CC/C=C\C/C=C\C/C=C\C/C=C\CCCCCCCCCCCCCCC(=O)OC(COC(=O)CCCCCCCCCCCCCCCCCCCCCCCCC/C=C\CCCCCCCCCC)COP(=O)(O)OCCN. The zero-order valence-electron chi connectivity index (χ0n) is 53.3. The second-order valence-corrected chi connectivity index (χ2v) is 24.8. The second kappa shape index (κ2) is 66.8. The van der Waals surface area contributed by atoms with E-state index in [1.54, 1.807) is 0 Å². The first kappa shape index (κ1) is 78.7. The van der Waals surface area contributed by atoms with Crippen LogP contribution in [0.5, 0.6) is 0 Å². The molecule has 0 heterocycles. The molecular weight excluding hydrogens is 1030 g/mol. The Kier molecular flexibility index (Phi) is 65.0. The van der Waals surface area contributed by atoms with E-state index in [4.69, 9.17) is 24.3 Å². The largest absolute Gasteiger partial charge is 0.472 e. The highest BCUT2D eigenvalue weighted by Gasteiger charge is 2.26. The highest BCUT2D eigenvalue weighted by molar-refractivity contribution is 7.47. The van der Waals surface area contributed by atoms with Crippen molar-refractivity contribution in [1.82, 2.24) is 0 Å². The molecule has 2 unspecified atom stereocenters. The van der Waals surface area contributed by atoms with Crippen molar-refractivity contribution in [2.45, 2.75) is 354 Å². The van der Waals surface area contributed by atoms with Gasteiger partial charge >= 0.3 is 19.8 Å². The lowest BCUT2D eigenvalue weighted by atomic mass is 10.0. The molecule has 474 valence electrons. The second-order valence-electron chi connectivity index (χ2n) is 23.4. The Morgan fingerprint density at radius 3 is 1.02 bits per heavy atom. The highest BCUT2D eigenvalue weighted by Crippen LogP contribution is 2.43. The highest BCUT2D eigenvalue weighted by atomic mass is 31.2. The van der Waals surface area contributed by atoms with Crippen LogP contribution in [-0.2, 0) is 32.7 Å². The Morgan fingerprint density at radius 1 is 0.383 bits per heavy atom. The fourth-order valence-corrected chi connectivity index (χ4v) is 11.0. The van der Waals surface area contributed by atoms with Crippen LogP contribution in [0.25, 0.3) is 0 Å². The normalized spacial score (nSPS) is 13.3. The van der Waals surface area contributed by atoms with Crippen LogP contribution in [-0.4, -0.2) is 49.3 Å². The molecule has 0 amide bonds. The van der Waals surface area contributed by atoms with Crippen molar-refractivity contribution in [3.8, 4) is 0 Å². The molecule has 0 aromatic rings. The standard InChI is InChI=1S/C71H132NO8P/c1-3-5-7-9-11-13-15-17-19-21-23-25-27-29-30-31-32-33-34-35-36-37-38-40-41-43-45-47-49-51-53-55-57-59-61-63-70(73)77-67-69(68-79-81(75,76)78-66-65-72)80-71(74)64-62-60-58-56-54-52-50-48-46-44-42-39-28-26-24-22-20-18-16-14-12-10-8-6-4-2/h6,8,12,14,18,20-21,23-24,26,69H,3-5,7,9-11,13,15-17,19,22,25,27-68,72H2,1-2H3,(H,75,76)/b8-6-,14-12-,20-18-,23-21-,26-24-. The molecule has 81 heavy (non-hydrogen) atoms. The molecule has 0 aliphatic rings. The summed E-state index contributed by atoms with van der Waals surface area (Å²) in [6.45, 7) is 3.68. The molecule has 0 aromatic heterocycles. The van der Waals surface area contributed by atoms with Crippen molar-refractivity contribution in [1.29, 1.82) is 0 Å². The van der Waals surface area contributed by atoms with Crippen LogP contribution < -0.4 is 5.73 Å². The molecule has 0 aliphatic heterocycles. The third kappa shape index (κ3) is 66.7. The van der Waals surface area contributed by atoms with Crippen molar-refractivity contribution >= 4 is 19.8 Å². The third-order valence-corrected chi connectivity index (χ3v) is 16.4. The van der Waals surface area contributed by atoms with Crippen LogP contribution in [0.15, 0.2) is 60.8 Å². The average molecular weight is 1160 g/mol. The molecular formula is C71H132NO8P. The van der Waals surface area contributed by atoms with Gasteiger partial charge < -0.3 is 20.1 Å². The van der Waals surface area contributed by atoms with Gasteiger partial charge in [0.05, 0.1) is 13.2 Å². The van der Waals surface area contributed by atoms with Gasteiger partial charge in [0.1, 0.15) is 6.61 Å². The summed E-state index contributed by atoms with van der Waals surface area (Å²) < 4.78 is 33.2. The molecule has 0 spiro atoms. The summed E-state index contributed by atoms with van der Waals surface area (Å²) in [5.41, 5.74) is 5.40. The van der Waals surface area contributed by atoms with E-state index in [0.29, 0.717) is 6.42 Å². The van der Waals surface area contributed by atoms with E-state index in [-0.39, 0.29) is 38.6 Å². The number of phosphoric acid groups is 1.